The van der Waals surface area contributed by atoms with Crippen LogP contribution in [-0.2, 0) is 18.3 Å². The summed E-state index contributed by atoms with van der Waals surface area (Å²) in [6, 6.07) is 7.13. The van der Waals surface area contributed by atoms with Crippen molar-refractivity contribution in [2.45, 2.75) is 51.3 Å². The number of benzene rings is 1. The lowest BCUT2D eigenvalue weighted by Crippen LogP contribution is -2.50. The Bertz CT molecular complexity index is 886. The van der Waals surface area contributed by atoms with Crippen LogP contribution in [0.5, 0.6) is 0 Å². The van der Waals surface area contributed by atoms with E-state index in [0.717, 1.165) is 75.2 Å². The molecule has 0 aliphatic carbocycles. The number of nitrogens with one attached hydrogen (secondary N) is 2. The van der Waals surface area contributed by atoms with Crippen LogP contribution in [0.2, 0.25) is 0 Å². The lowest BCUT2D eigenvalue weighted by molar-refractivity contribution is 0.113. The average molecular weight is 430 g/mol. The van der Waals surface area contributed by atoms with Gasteiger partial charge in [-0.05, 0) is 50.8 Å². The number of rotatable bonds is 6. The molecule has 1 aromatic heterocycles. The molecular weight excluding hydrogens is 397 g/mol. The zero-order valence-electron chi connectivity index (χ0n) is 18.4. The fourth-order valence-electron chi connectivity index (χ4n) is 4.06. The Balaban J connectivity index is 1.35. The van der Waals surface area contributed by atoms with Crippen LogP contribution in [0.1, 0.15) is 37.3 Å². The first-order valence-corrected chi connectivity index (χ1v) is 11.1. The van der Waals surface area contributed by atoms with Crippen molar-refractivity contribution in [3.63, 3.8) is 0 Å². The summed E-state index contributed by atoms with van der Waals surface area (Å²) in [5, 5.41) is 15.4. The van der Waals surface area contributed by atoms with Crippen LogP contribution in [0.25, 0.3) is 0 Å². The van der Waals surface area contributed by atoms with Crippen molar-refractivity contribution in [3.05, 3.63) is 41.7 Å². The molecular formula is C22H32FN7O. The van der Waals surface area contributed by atoms with Crippen LogP contribution < -0.4 is 15.5 Å². The quantitative estimate of drug-likeness (QED) is 0.541. The summed E-state index contributed by atoms with van der Waals surface area (Å²) in [7, 11) is 1.95. The second kappa shape index (κ2) is 10.1. The summed E-state index contributed by atoms with van der Waals surface area (Å²) < 4.78 is 21.3. The second-order valence-corrected chi connectivity index (χ2v) is 8.29. The van der Waals surface area contributed by atoms with Crippen LogP contribution in [0.4, 0.5) is 10.1 Å². The van der Waals surface area contributed by atoms with Gasteiger partial charge in [0.1, 0.15) is 18.2 Å². The average Bonchev–Trinajstić information content (AvgIpc) is 3.41. The van der Waals surface area contributed by atoms with Gasteiger partial charge < -0.3 is 24.8 Å². The number of hydrogen-bond donors (Lipinski definition) is 2. The molecule has 8 nitrogen and oxygen atoms in total. The van der Waals surface area contributed by atoms with Gasteiger partial charge in [0.2, 0.25) is 0 Å². The van der Waals surface area contributed by atoms with E-state index in [2.05, 4.69) is 25.7 Å². The molecule has 2 fully saturated rings. The lowest BCUT2D eigenvalue weighted by Gasteiger charge is -2.34. The Morgan fingerprint density at radius 2 is 2.10 bits per heavy atom. The highest BCUT2D eigenvalue weighted by atomic mass is 19.1. The van der Waals surface area contributed by atoms with Gasteiger partial charge in [0.15, 0.2) is 11.8 Å². The predicted molar refractivity (Wildman–Crippen MR) is 119 cm³/mol. The van der Waals surface area contributed by atoms with Crippen molar-refractivity contribution < 1.29 is 9.13 Å². The number of halogens is 1. The Kier molecular flexibility index (Phi) is 7.01. The molecule has 1 unspecified atom stereocenters. The van der Waals surface area contributed by atoms with Crippen molar-refractivity contribution in [2.24, 2.45) is 12.0 Å². The molecule has 0 saturated carbocycles. The molecule has 3 heterocycles. The fraction of sp³-hybridized carbons (Fsp3) is 0.591. The zero-order valence-corrected chi connectivity index (χ0v) is 18.4. The van der Waals surface area contributed by atoms with E-state index in [1.165, 1.54) is 6.07 Å². The number of aryl methyl sites for hydroxylation is 1. The van der Waals surface area contributed by atoms with Gasteiger partial charge in [0.25, 0.3) is 0 Å². The fourth-order valence-corrected chi connectivity index (χ4v) is 4.06. The monoisotopic (exact) mass is 429 g/mol. The van der Waals surface area contributed by atoms with Crippen LogP contribution in [0.15, 0.2) is 29.3 Å². The van der Waals surface area contributed by atoms with Gasteiger partial charge in [-0.2, -0.15) is 0 Å². The molecule has 2 N–H and O–H groups in total. The second-order valence-electron chi connectivity index (χ2n) is 8.29. The molecule has 1 atom stereocenters. The number of nitrogens with zero attached hydrogens (tertiary/aromatic N) is 5. The van der Waals surface area contributed by atoms with E-state index < -0.39 is 0 Å². The normalized spacial score (nSPS) is 20.3. The van der Waals surface area contributed by atoms with Crippen LogP contribution in [-0.4, -0.2) is 59.1 Å². The smallest absolute Gasteiger partial charge is 0.192 e. The number of anilines is 1. The third-order valence-electron chi connectivity index (χ3n) is 6.09. The van der Waals surface area contributed by atoms with Crippen LogP contribution in [0.3, 0.4) is 0 Å². The van der Waals surface area contributed by atoms with E-state index in [0.29, 0.717) is 12.6 Å². The Morgan fingerprint density at radius 3 is 2.77 bits per heavy atom. The van der Waals surface area contributed by atoms with E-state index in [9.17, 15) is 4.39 Å². The summed E-state index contributed by atoms with van der Waals surface area (Å²) in [4.78, 5) is 7.00. The molecule has 0 bridgehead atoms. The molecule has 4 rings (SSSR count). The maximum Gasteiger partial charge on any atom is 0.192 e. The SMILES string of the molecule is Cc1nnc(CN=C(NCC2CCCO2)NC2CCN(c3cccc(F)c3)CC2)n1C. The summed E-state index contributed by atoms with van der Waals surface area (Å²) in [6.45, 7) is 5.72. The Hall–Kier alpha value is -2.68. The molecule has 0 amide bonds. The first-order chi connectivity index (χ1) is 15.1. The molecule has 31 heavy (non-hydrogen) atoms. The van der Waals surface area contributed by atoms with Gasteiger partial charge in [-0.3, -0.25) is 0 Å². The minimum atomic E-state index is -0.190. The molecule has 0 spiro atoms. The van der Waals surface area contributed by atoms with E-state index in [1.54, 1.807) is 12.1 Å². The van der Waals surface area contributed by atoms with Crippen molar-refractivity contribution in [2.75, 3.05) is 31.1 Å². The minimum Gasteiger partial charge on any atom is -0.376 e. The minimum absolute atomic E-state index is 0.190. The third kappa shape index (κ3) is 5.72. The predicted octanol–water partition coefficient (Wildman–Crippen LogP) is 2.15. The van der Waals surface area contributed by atoms with E-state index >= 15 is 0 Å². The molecule has 1 aromatic carbocycles. The summed E-state index contributed by atoms with van der Waals surface area (Å²) in [6.07, 6.45) is 4.34. The van der Waals surface area contributed by atoms with Crippen LogP contribution in [0, 0.1) is 12.7 Å². The molecule has 2 aliphatic rings. The van der Waals surface area contributed by atoms with Gasteiger partial charge in [0.05, 0.1) is 6.10 Å². The van der Waals surface area contributed by atoms with Crippen molar-refractivity contribution >= 4 is 11.6 Å². The molecule has 2 aliphatic heterocycles. The van der Waals surface area contributed by atoms with Gasteiger partial charge in [-0.25, -0.2) is 9.38 Å². The molecule has 9 heteroatoms. The topological polar surface area (TPSA) is 79.6 Å². The maximum absolute atomic E-state index is 13.6. The molecule has 0 radical (unpaired) electrons. The van der Waals surface area contributed by atoms with E-state index in [-0.39, 0.29) is 11.9 Å². The van der Waals surface area contributed by atoms with Crippen molar-refractivity contribution in [3.8, 4) is 0 Å². The van der Waals surface area contributed by atoms with Gasteiger partial charge in [0, 0.05) is 45.0 Å². The summed E-state index contributed by atoms with van der Waals surface area (Å²) >= 11 is 0. The van der Waals surface area contributed by atoms with E-state index in [4.69, 9.17) is 9.73 Å². The number of aliphatic imine (C=N–C) groups is 1. The maximum atomic E-state index is 13.6. The number of aromatic nitrogens is 3. The van der Waals surface area contributed by atoms with Gasteiger partial charge in [-0.15, -0.1) is 10.2 Å². The van der Waals surface area contributed by atoms with Gasteiger partial charge >= 0.3 is 0 Å². The molecule has 2 saturated heterocycles. The first-order valence-electron chi connectivity index (χ1n) is 11.1. The molecule has 168 valence electrons. The first kappa shape index (κ1) is 21.5. The highest BCUT2D eigenvalue weighted by Crippen LogP contribution is 2.21. The molecule has 2 aromatic rings. The number of guanidine groups is 1. The van der Waals surface area contributed by atoms with Crippen LogP contribution >= 0.6 is 0 Å². The number of hydrogen-bond acceptors (Lipinski definition) is 5. The summed E-state index contributed by atoms with van der Waals surface area (Å²) in [5.74, 6) is 2.29. The lowest BCUT2D eigenvalue weighted by atomic mass is 10.0. The number of ether oxygens (including phenoxy) is 1. The van der Waals surface area contributed by atoms with Crippen molar-refractivity contribution in [1.82, 2.24) is 25.4 Å². The standard InChI is InChI=1S/C22H32FN7O/c1-16-27-28-21(29(16)2)15-25-22(24-14-20-7-4-12-31-20)26-18-8-10-30(11-9-18)19-6-3-5-17(23)13-19/h3,5-6,13,18,20H,4,7-12,14-15H2,1-2H3,(H2,24,25,26). The summed E-state index contributed by atoms with van der Waals surface area (Å²) in [5.41, 5.74) is 0.946. The number of piperidine rings is 1. The van der Waals surface area contributed by atoms with Crippen molar-refractivity contribution in [1.29, 1.82) is 0 Å². The highest BCUT2D eigenvalue weighted by Gasteiger charge is 2.22. The van der Waals surface area contributed by atoms with Gasteiger partial charge in [-0.1, -0.05) is 6.07 Å². The Morgan fingerprint density at radius 1 is 1.26 bits per heavy atom. The largest absolute Gasteiger partial charge is 0.376 e. The Labute approximate surface area is 182 Å². The highest BCUT2D eigenvalue weighted by molar-refractivity contribution is 5.80. The third-order valence-corrected chi connectivity index (χ3v) is 6.09. The van der Waals surface area contributed by atoms with E-state index in [1.807, 2.05) is 24.6 Å². The zero-order chi connectivity index (χ0) is 21.6.